The Bertz CT molecular complexity index is 749. The average molecular weight is 381 g/mol. The van der Waals surface area contributed by atoms with E-state index in [0.717, 1.165) is 0 Å². The lowest BCUT2D eigenvalue weighted by atomic mass is 10.1. The SMILES string of the molecule is C[C@H]1COC[C@H](C)N1C(=O)c1cccc(S(=O)(=O)N2CCN(C)CC2)c1. The minimum Gasteiger partial charge on any atom is -0.377 e. The number of carbonyl (C=O) groups excluding carboxylic acids is 1. The van der Waals surface area contributed by atoms with Crippen LogP contribution in [0.4, 0.5) is 0 Å². The fourth-order valence-electron chi connectivity index (χ4n) is 3.52. The second-order valence-corrected chi connectivity index (χ2v) is 9.12. The van der Waals surface area contributed by atoms with Crippen molar-refractivity contribution in [3.05, 3.63) is 29.8 Å². The van der Waals surface area contributed by atoms with Crippen LogP contribution in [0.15, 0.2) is 29.2 Å². The predicted octanol–water partition coefficient (Wildman–Crippen LogP) is 0.872. The zero-order chi connectivity index (χ0) is 18.9. The van der Waals surface area contributed by atoms with Crippen LogP contribution in [0.1, 0.15) is 24.2 Å². The number of amides is 1. The summed E-state index contributed by atoms with van der Waals surface area (Å²) in [6.45, 7) is 7.23. The van der Waals surface area contributed by atoms with Crippen molar-refractivity contribution in [2.45, 2.75) is 30.8 Å². The van der Waals surface area contributed by atoms with E-state index in [4.69, 9.17) is 4.74 Å². The highest BCUT2D eigenvalue weighted by Crippen LogP contribution is 2.22. The van der Waals surface area contributed by atoms with Crippen LogP contribution in [-0.2, 0) is 14.8 Å². The molecule has 7 nitrogen and oxygen atoms in total. The maximum Gasteiger partial charge on any atom is 0.254 e. The van der Waals surface area contributed by atoms with Crippen molar-refractivity contribution in [3.63, 3.8) is 0 Å². The molecule has 0 radical (unpaired) electrons. The summed E-state index contributed by atoms with van der Waals surface area (Å²) in [6.07, 6.45) is 0. The highest BCUT2D eigenvalue weighted by molar-refractivity contribution is 7.89. The van der Waals surface area contributed by atoms with Gasteiger partial charge in [-0.3, -0.25) is 4.79 Å². The summed E-state index contributed by atoms with van der Waals surface area (Å²) in [6, 6.07) is 6.32. The molecule has 0 saturated carbocycles. The standard InChI is InChI=1S/C18H27N3O4S/c1-14-12-25-13-15(2)21(14)18(22)16-5-4-6-17(11-16)26(23,24)20-9-7-19(3)8-10-20/h4-6,11,14-15H,7-10,12-13H2,1-3H3/t14-,15-/m0/s1. The van der Waals surface area contributed by atoms with E-state index in [1.165, 1.54) is 10.4 Å². The van der Waals surface area contributed by atoms with Crippen molar-refractivity contribution in [2.24, 2.45) is 0 Å². The first-order chi connectivity index (χ1) is 12.3. The first kappa shape index (κ1) is 19.3. The summed E-state index contributed by atoms with van der Waals surface area (Å²) in [5.41, 5.74) is 0.404. The molecular weight excluding hydrogens is 354 g/mol. The van der Waals surface area contributed by atoms with Gasteiger partial charge < -0.3 is 14.5 Å². The number of rotatable bonds is 3. The molecule has 0 N–H and O–H groups in total. The molecule has 1 amide bonds. The molecule has 2 atom stereocenters. The molecule has 1 aromatic carbocycles. The number of morpholine rings is 1. The Morgan fingerprint density at radius 3 is 2.31 bits per heavy atom. The quantitative estimate of drug-likeness (QED) is 0.777. The number of sulfonamides is 1. The van der Waals surface area contributed by atoms with Crippen molar-refractivity contribution in [1.82, 2.24) is 14.1 Å². The number of nitrogens with zero attached hydrogens (tertiary/aromatic N) is 3. The normalized spacial score (nSPS) is 26.0. The molecule has 0 unspecified atom stereocenters. The molecule has 2 aliphatic rings. The Morgan fingerprint density at radius 2 is 1.69 bits per heavy atom. The Labute approximate surface area is 155 Å². The van der Waals surface area contributed by atoms with E-state index in [-0.39, 0.29) is 22.9 Å². The van der Waals surface area contributed by atoms with Crippen molar-refractivity contribution in [2.75, 3.05) is 46.4 Å². The molecule has 2 heterocycles. The number of ether oxygens (including phenoxy) is 1. The minimum absolute atomic E-state index is 0.0378. The van der Waals surface area contributed by atoms with E-state index >= 15 is 0 Å². The molecule has 0 bridgehead atoms. The van der Waals surface area contributed by atoms with Crippen molar-refractivity contribution < 1.29 is 17.9 Å². The number of benzene rings is 1. The minimum atomic E-state index is -3.59. The second-order valence-electron chi connectivity index (χ2n) is 7.18. The fourth-order valence-corrected chi connectivity index (χ4v) is 4.99. The largest absolute Gasteiger partial charge is 0.377 e. The van der Waals surface area contributed by atoms with E-state index in [9.17, 15) is 13.2 Å². The van der Waals surface area contributed by atoms with Gasteiger partial charge in [0.1, 0.15) is 0 Å². The topological polar surface area (TPSA) is 70.2 Å². The van der Waals surface area contributed by atoms with E-state index in [1.54, 1.807) is 23.1 Å². The summed E-state index contributed by atoms with van der Waals surface area (Å²) in [7, 11) is -1.61. The van der Waals surface area contributed by atoms with Crippen LogP contribution in [0.5, 0.6) is 0 Å². The molecule has 0 aromatic heterocycles. The lowest BCUT2D eigenvalue weighted by Crippen LogP contribution is -2.52. The van der Waals surface area contributed by atoms with E-state index < -0.39 is 10.0 Å². The van der Waals surface area contributed by atoms with Crippen LogP contribution >= 0.6 is 0 Å². The van der Waals surface area contributed by atoms with Gasteiger partial charge in [0.15, 0.2) is 0 Å². The van der Waals surface area contributed by atoms with Crippen molar-refractivity contribution >= 4 is 15.9 Å². The fraction of sp³-hybridized carbons (Fsp3) is 0.611. The van der Waals surface area contributed by atoms with Crippen molar-refractivity contribution in [3.8, 4) is 0 Å². The number of likely N-dealkylation sites (N-methyl/N-ethyl adjacent to an activating group) is 1. The molecule has 2 saturated heterocycles. The average Bonchev–Trinajstić information content (AvgIpc) is 2.62. The van der Waals surface area contributed by atoms with Gasteiger partial charge in [-0.1, -0.05) is 6.07 Å². The molecule has 144 valence electrons. The monoisotopic (exact) mass is 381 g/mol. The van der Waals surface area contributed by atoms with Crippen LogP contribution in [0.25, 0.3) is 0 Å². The first-order valence-electron chi connectivity index (χ1n) is 9.00. The third-order valence-electron chi connectivity index (χ3n) is 5.08. The maximum absolute atomic E-state index is 13.0. The molecule has 0 spiro atoms. The smallest absolute Gasteiger partial charge is 0.254 e. The van der Waals surface area contributed by atoms with Crippen LogP contribution in [0.3, 0.4) is 0 Å². The number of hydrogen-bond acceptors (Lipinski definition) is 5. The second kappa shape index (κ2) is 7.64. The Kier molecular flexibility index (Phi) is 5.67. The van der Waals surface area contributed by atoms with Gasteiger partial charge in [0.05, 0.1) is 30.2 Å². The Balaban J connectivity index is 1.85. The Hall–Kier alpha value is -1.48. The first-order valence-corrected chi connectivity index (χ1v) is 10.4. The third-order valence-corrected chi connectivity index (χ3v) is 6.98. The van der Waals surface area contributed by atoms with Gasteiger partial charge in [-0.05, 0) is 39.1 Å². The maximum atomic E-state index is 13.0. The summed E-state index contributed by atoms with van der Waals surface area (Å²) >= 11 is 0. The van der Waals surface area contributed by atoms with E-state index in [1.807, 2.05) is 20.9 Å². The lowest BCUT2D eigenvalue weighted by Gasteiger charge is -2.39. The van der Waals surface area contributed by atoms with Gasteiger partial charge in [0, 0.05) is 31.7 Å². The summed E-state index contributed by atoms with van der Waals surface area (Å²) < 4.78 is 32.8. The van der Waals surface area contributed by atoms with Gasteiger partial charge in [-0.15, -0.1) is 0 Å². The van der Waals surface area contributed by atoms with Crippen molar-refractivity contribution in [1.29, 1.82) is 0 Å². The molecule has 2 aliphatic heterocycles. The van der Waals surface area contributed by atoms with Crippen LogP contribution in [-0.4, -0.2) is 87.0 Å². The number of carbonyl (C=O) groups is 1. The molecule has 2 fully saturated rings. The van der Waals surface area contributed by atoms with Crippen LogP contribution in [0, 0.1) is 0 Å². The van der Waals surface area contributed by atoms with Gasteiger partial charge in [-0.2, -0.15) is 4.31 Å². The van der Waals surface area contributed by atoms with Gasteiger partial charge in [0.25, 0.3) is 5.91 Å². The zero-order valence-electron chi connectivity index (χ0n) is 15.6. The number of piperazine rings is 1. The van der Waals surface area contributed by atoms with Gasteiger partial charge in [0.2, 0.25) is 10.0 Å². The van der Waals surface area contributed by atoms with E-state index in [2.05, 4.69) is 4.90 Å². The molecular formula is C18H27N3O4S. The summed E-state index contributed by atoms with van der Waals surface area (Å²) in [5, 5.41) is 0. The molecule has 0 aliphatic carbocycles. The lowest BCUT2D eigenvalue weighted by molar-refractivity contribution is -0.0249. The predicted molar refractivity (Wildman–Crippen MR) is 98.6 cm³/mol. The molecule has 26 heavy (non-hydrogen) atoms. The van der Waals surface area contributed by atoms with Crippen LogP contribution in [0.2, 0.25) is 0 Å². The zero-order valence-corrected chi connectivity index (χ0v) is 16.4. The third kappa shape index (κ3) is 3.78. The highest BCUT2D eigenvalue weighted by atomic mass is 32.2. The van der Waals surface area contributed by atoms with E-state index in [0.29, 0.717) is 45.0 Å². The van der Waals surface area contributed by atoms with Gasteiger partial charge >= 0.3 is 0 Å². The number of hydrogen-bond donors (Lipinski definition) is 0. The van der Waals surface area contributed by atoms with Crippen LogP contribution < -0.4 is 0 Å². The Morgan fingerprint density at radius 1 is 1.08 bits per heavy atom. The van der Waals surface area contributed by atoms with Gasteiger partial charge in [-0.25, -0.2) is 8.42 Å². The summed E-state index contributed by atoms with van der Waals surface area (Å²) in [5.74, 6) is -0.149. The summed E-state index contributed by atoms with van der Waals surface area (Å²) in [4.78, 5) is 17.0. The molecule has 1 aromatic rings. The molecule has 3 rings (SSSR count). The molecule has 8 heteroatoms. The highest BCUT2D eigenvalue weighted by Gasteiger charge is 2.32.